The smallest absolute Gasteiger partial charge is 0.280 e. The first-order valence-electron chi connectivity index (χ1n) is 5.72. The van der Waals surface area contributed by atoms with Gasteiger partial charge in [0.05, 0.1) is 6.33 Å². The summed E-state index contributed by atoms with van der Waals surface area (Å²) in [6, 6.07) is 6.86. The predicted octanol–water partition coefficient (Wildman–Crippen LogP) is 0.756. The van der Waals surface area contributed by atoms with Crippen LogP contribution in [0.3, 0.4) is 0 Å². The number of imidazole rings is 1. The van der Waals surface area contributed by atoms with Crippen molar-refractivity contribution in [2.45, 2.75) is 11.4 Å². The number of hydrogen-bond acceptors (Lipinski definition) is 4. The number of aliphatic hydroxyl groups excluding tert-OH is 1. The van der Waals surface area contributed by atoms with Crippen LogP contribution in [0.5, 0.6) is 0 Å². The van der Waals surface area contributed by atoms with Gasteiger partial charge in [0.25, 0.3) is 10.0 Å². The third kappa shape index (κ3) is 3.33. The van der Waals surface area contributed by atoms with E-state index in [1.165, 1.54) is 12.5 Å². The third-order valence-corrected chi connectivity index (χ3v) is 3.83. The second kappa shape index (κ2) is 5.41. The van der Waals surface area contributed by atoms with Crippen LogP contribution in [-0.4, -0.2) is 29.7 Å². The van der Waals surface area contributed by atoms with Crippen molar-refractivity contribution in [1.29, 1.82) is 0 Å². The van der Waals surface area contributed by atoms with Crippen LogP contribution in [0.25, 0.3) is 0 Å². The lowest BCUT2D eigenvalue weighted by atomic mass is 10.1. The van der Waals surface area contributed by atoms with Gasteiger partial charge in [-0.05, 0) is 24.1 Å². The van der Waals surface area contributed by atoms with E-state index in [-0.39, 0.29) is 11.6 Å². The van der Waals surface area contributed by atoms with Gasteiger partial charge in [-0.25, -0.2) is 4.98 Å². The molecule has 1 aromatic heterocycles. The molecule has 0 aliphatic heterocycles. The zero-order chi connectivity index (χ0) is 13.9. The largest absolute Gasteiger partial charge is 0.396 e. The molecule has 0 saturated carbocycles. The minimum Gasteiger partial charge on any atom is -0.396 e. The predicted molar refractivity (Wildman–Crippen MR) is 71.2 cm³/mol. The Morgan fingerprint density at radius 3 is 2.53 bits per heavy atom. The molecule has 0 fully saturated rings. The molecule has 2 aromatic rings. The average molecular weight is 281 g/mol. The SMILES string of the molecule is Cn1cnc(S(=O)(=O)Nc2ccc(CCO)cc2)c1. The van der Waals surface area contributed by atoms with Crippen molar-refractivity contribution in [3.05, 3.63) is 42.4 Å². The van der Waals surface area contributed by atoms with E-state index in [0.29, 0.717) is 12.1 Å². The maximum Gasteiger partial charge on any atom is 0.280 e. The Morgan fingerprint density at radius 2 is 2.00 bits per heavy atom. The zero-order valence-corrected chi connectivity index (χ0v) is 11.3. The van der Waals surface area contributed by atoms with E-state index in [1.54, 1.807) is 35.9 Å². The van der Waals surface area contributed by atoms with Gasteiger partial charge in [-0.3, -0.25) is 4.72 Å². The lowest BCUT2D eigenvalue weighted by Crippen LogP contribution is -2.13. The molecule has 0 spiro atoms. The maximum atomic E-state index is 12.0. The van der Waals surface area contributed by atoms with Gasteiger partial charge in [-0.2, -0.15) is 8.42 Å². The van der Waals surface area contributed by atoms with Crippen molar-refractivity contribution < 1.29 is 13.5 Å². The molecule has 1 aromatic carbocycles. The standard InChI is InChI=1S/C12H15N3O3S/c1-15-8-12(13-9-15)19(17,18)14-11-4-2-10(3-5-11)6-7-16/h2-5,8-9,14,16H,6-7H2,1H3. The molecule has 0 atom stereocenters. The fraction of sp³-hybridized carbons (Fsp3) is 0.250. The second-order valence-electron chi connectivity index (χ2n) is 4.15. The van der Waals surface area contributed by atoms with Gasteiger partial charge in [0, 0.05) is 25.5 Å². The third-order valence-electron chi connectivity index (χ3n) is 2.56. The molecule has 19 heavy (non-hydrogen) atoms. The van der Waals surface area contributed by atoms with Gasteiger partial charge in [0.15, 0.2) is 5.03 Å². The highest BCUT2D eigenvalue weighted by molar-refractivity contribution is 7.92. The van der Waals surface area contributed by atoms with Crippen LogP contribution in [0.4, 0.5) is 5.69 Å². The van der Waals surface area contributed by atoms with E-state index in [2.05, 4.69) is 9.71 Å². The molecule has 0 saturated heterocycles. The van der Waals surface area contributed by atoms with Crippen molar-refractivity contribution in [3.63, 3.8) is 0 Å². The molecule has 0 aliphatic rings. The van der Waals surface area contributed by atoms with E-state index in [4.69, 9.17) is 5.11 Å². The van der Waals surface area contributed by atoms with Crippen LogP contribution >= 0.6 is 0 Å². The fourth-order valence-corrected chi connectivity index (χ4v) is 2.65. The molecule has 0 unspecified atom stereocenters. The fourth-order valence-electron chi connectivity index (χ4n) is 1.60. The summed E-state index contributed by atoms with van der Waals surface area (Å²) in [5.74, 6) is 0. The second-order valence-corrected chi connectivity index (χ2v) is 5.78. The molecule has 7 heteroatoms. The number of hydrogen-bond donors (Lipinski definition) is 2. The zero-order valence-electron chi connectivity index (χ0n) is 10.4. The normalized spacial score (nSPS) is 11.5. The number of aliphatic hydroxyl groups is 1. The molecule has 0 bridgehead atoms. The molecule has 0 amide bonds. The molecule has 2 rings (SSSR count). The van der Waals surface area contributed by atoms with Crippen molar-refractivity contribution >= 4 is 15.7 Å². The highest BCUT2D eigenvalue weighted by atomic mass is 32.2. The van der Waals surface area contributed by atoms with Crippen LogP contribution < -0.4 is 4.72 Å². The number of aryl methyl sites for hydroxylation is 1. The van der Waals surface area contributed by atoms with Crippen LogP contribution in [0.15, 0.2) is 41.8 Å². The lowest BCUT2D eigenvalue weighted by molar-refractivity contribution is 0.299. The van der Waals surface area contributed by atoms with Gasteiger partial charge in [-0.15, -0.1) is 0 Å². The minimum absolute atomic E-state index is 0.0190. The number of nitrogens with zero attached hydrogens (tertiary/aromatic N) is 2. The highest BCUT2D eigenvalue weighted by Crippen LogP contribution is 2.15. The van der Waals surface area contributed by atoms with Crippen LogP contribution in [0.1, 0.15) is 5.56 Å². The summed E-state index contributed by atoms with van der Waals surface area (Å²) in [5.41, 5.74) is 1.41. The lowest BCUT2D eigenvalue weighted by Gasteiger charge is -2.06. The Bertz CT molecular complexity index is 647. The number of anilines is 1. The summed E-state index contributed by atoms with van der Waals surface area (Å²) in [4.78, 5) is 3.81. The van der Waals surface area contributed by atoms with Crippen LogP contribution in [0, 0.1) is 0 Å². The Balaban J connectivity index is 2.16. The monoisotopic (exact) mass is 281 g/mol. The number of benzene rings is 1. The molecular weight excluding hydrogens is 266 g/mol. The summed E-state index contributed by atoms with van der Waals surface area (Å²) in [5, 5.41) is 8.79. The number of sulfonamides is 1. The van der Waals surface area contributed by atoms with Crippen molar-refractivity contribution in [2.75, 3.05) is 11.3 Å². The average Bonchev–Trinajstić information content (AvgIpc) is 2.79. The Morgan fingerprint density at radius 1 is 1.32 bits per heavy atom. The topological polar surface area (TPSA) is 84.2 Å². The molecule has 2 N–H and O–H groups in total. The van der Waals surface area contributed by atoms with Gasteiger partial charge < -0.3 is 9.67 Å². The Kier molecular flexibility index (Phi) is 3.87. The summed E-state index contributed by atoms with van der Waals surface area (Å²) in [7, 11) is -1.94. The molecule has 0 aliphatic carbocycles. The van der Waals surface area contributed by atoms with E-state index in [0.717, 1.165) is 5.56 Å². The molecular formula is C12H15N3O3S. The number of nitrogens with one attached hydrogen (secondary N) is 1. The summed E-state index contributed by atoms with van der Waals surface area (Å²) >= 11 is 0. The van der Waals surface area contributed by atoms with E-state index < -0.39 is 10.0 Å². The Hall–Kier alpha value is -1.86. The first-order valence-corrected chi connectivity index (χ1v) is 7.20. The van der Waals surface area contributed by atoms with Gasteiger partial charge in [0.2, 0.25) is 0 Å². The van der Waals surface area contributed by atoms with E-state index in [1.807, 2.05) is 0 Å². The maximum absolute atomic E-state index is 12.0. The van der Waals surface area contributed by atoms with Gasteiger partial charge >= 0.3 is 0 Å². The minimum atomic E-state index is -3.65. The van der Waals surface area contributed by atoms with Crippen molar-refractivity contribution in [1.82, 2.24) is 9.55 Å². The Labute approximate surface area is 111 Å². The summed E-state index contributed by atoms with van der Waals surface area (Å²) < 4.78 is 28.0. The number of aromatic nitrogens is 2. The first-order chi connectivity index (χ1) is 9.01. The molecule has 0 radical (unpaired) electrons. The van der Waals surface area contributed by atoms with Gasteiger partial charge in [-0.1, -0.05) is 12.1 Å². The summed E-state index contributed by atoms with van der Waals surface area (Å²) in [6.45, 7) is 0.0685. The van der Waals surface area contributed by atoms with E-state index in [9.17, 15) is 8.42 Å². The van der Waals surface area contributed by atoms with Crippen molar-refractivity contribution in [3.8, 4) is 0 Å². The van der Waals surface area contributed by atoms with Gasteiger partial charge in [0.1, 0.15) is 0 Å². The van der Waals surface area contributed by atoms with E-state index >= 15 is 0 Å². The molecule has 102 valence electrons. The quantitative estimate of drug-likeness (QED) is 0.847. The van der Waals surface area contributed by atoms with Crippen LogP contribution in [0.2, 0.25) is 0 Å². The first kappa shape index (κ1) is 13.6. The van der Waals surface area contributed by atoms with Crippen molar-refractivity contribution in [2.24, 2.45) is 7.05 Å². The molecule has 1 heterocycles. The molecule has 6 nitrogen and oxygen atoms in total. The summed E-state index contributed by atoms with van der Waals surface area (Å²) in [6.07, 6.45) is 3.41. The number of rotatable bonds is 5. The highest BCUT2D eigenvalue weighted by Gasteiger charge is 2.16. The van der Waals surface area contributed by atoms with Crippen LogP contribution in [-0.2, 0) is 23.5 Å².